The predicted octanol–water partition coefficient (Wildman–Crippen LogP) is 5.75. The molecule has 0 spiro atoms. The molecule has 0 radical (unpaired) electrons. The van der Waals surface area contributed by atoms with E-state index in [0.29, 0.717) is 22.4 Å². The van der Waals surface area contributed by atoms with E-state index in [4.69, 9.17) is 16.3 Å². The van der Waals surface area contributed by atoms with Gasteiger partial charge in [0, 0.05) is 17.5 Å². The van der Waals surface area contributed by atoms with Crippen LogP contribution in [0.2, 0.25) is 5.02 Å². The molecule has 1 amide bonds. The summed E-state index contributed by atoms with van der Waals surface area (Å²) in [7, 11) is -1.91. The molecule has 0 fully saturated rings. The summed E-state index contributed by atoms with van der Waals surface area (Å²) in [5.41, 5.74) is 1.71. The summed E-state index contributed by atoms with van der Waals surface area (Å²) in [5.74, 6) is 0.384. The number of carbonyl (C=O) groups is 1. The summed E-state index contributed by atoms with van der Waals surface area (Å²) in [6.07, 6.45) is 0.284. The second-order valence-electron chi connectivity index (χ2n) is 7.67. The average Bonchev–Trinajstić information content (AvgIpc) is 3.26. The Morgan fingerprint density at radius 1 is 1.06 bits per heavy atom. The highest BCUT2D eigenvalue weighted by Gasteiger charge is 2.22. The van der Waals surface area contributed by atoms with Crippen molar-refractivity contribution in [2.75, 3.05) is 17.8 Å². The van der Waals surface area contributed by atoms with E-state index in [-0.39, 0.29) is 29.4 Å². The number of hydrogen-bond donors (Lipinski definition) is 0. The number of ether oxygens (including phenoxy) is 1. The number of rotatable bonds is 9. The van der Waals surface area contributed by atoms with Gasteiger partial charge >= 0.3 is 0 Å². The molecule has 4 rings (SSSR count). The molecule has 176 valence electrons. The highest BCUT2D eigenvalue weighted by molar-refractivity contribution is 7.91. The number of fused-ring (bicyclic) bond motifs is 1. The topological polar surface area (TPSA) is 76.6 Å². The van der Waals surface area contributed by atoms with Crippen LogP contribution < -0.4 is 9.64 Å². The first-order valence-corrected chi connectivity index (χ1v) is 13.5. The van der Waals surface area contributed by atoms with Gasteiger partial charge in [0.2, 0.25) is 5.91 Å². The van der Waals surface area contributed by atoms with Gasteiger partial charge in [-0.25, -0.2) is 13.4 Å². The van der Waals surface area contributed by atoms with Crippen LogP contribution in [0.3, 0.4) is 0 Å². The molecule has 9 heteroatoms. The fourth-order valence-corrected chi connectivity index (χ4v) is 5.87. The zero-order valence-electron chi connectivity index (χ0n) is 18.5. The zero-order valence-corrected chi connectivity index (χ0v) is 20.9. The quantitative estimate of drug-likeness (QED) is 0.284. The lowest BCUT2D eigenvalue weighted by Gasteiger charge is -2.20. The van der Waals surface area contributed by atoms with E-state index in [0.717, 1.165) is 15.8 Å². The fourth-order valence-electron chi connectivity index (χ4n) is 3.47. The van der Waals surface area contributed by atoms with Gasteiger partial charge < -0.3 is 4.74 Å². The Morgan fingerprint density at radius 2 is 1.79 bits per heavy atom. The van der Waals surface area contributed by atoms with Gasteiger partial charge in [0.05, 0.1) is 34.5 Å². The maximum atomic E-state index is 13.3. The van der Waals surface area contributed by atoms with Crippen LogP contribution in [-0.4, -0.2) is 32.2 Å². The monoisotopic (exact) mass is 514 g/mol. The Morgan fingerprint density at radius 3 is 2.50 bits per heavy atom. The number of halogens is 1. The van der Waals surface area contributed by atoms with Crippen molar-refractivity contribution in [1.29, 1.82) is 0 Å². The minimum absolute atomic E-state index is 0.0822. The molecule has 6 nitrogen and oxygen atoms in total. The normalized spacial score (nSPS) is 11.5. The molecule has 0 saturated carbocycles. The van der Waals surface area contributed by atoms with Crippen LogP contribution in [-0.2, 0) is 21.2 Å². The minimum Gasteiger partial charge on any atom is -0.497 e. The maximum absolute atomic E-state index is 13.3. The molecule has 34 heavy (non-hydrogen) atoms. The summed E-state index contributed by atoms with van der Waals surface area (Å²) in [5, 5.41) is 1.04. The number of aromatic nitrogens is 1. The van der Waals surface area contributed by atoms with E-state index >= 15 is 0 Å². The first-order valence-electron chi connectivity index (χ1n) is 10.6. The lowest BCUT2D eigenvalue weighted by Crippen LogP contribution is -2.30. The third-order valence-electron chi connectivity index (χ3n) is 5.28. The van der Waals surface area contributed by atoms with E-state index in [9.17, 15) is 13.2 Å². The van der Waals surface area contributed by atoms with Crippen molar-refractivity contribution in [2.45, 2.75) is 24.3 Å². The van der Waals surface area contributed by atoms with Gasteiger partial charge in [-0.05, 0) is 48.4 Å². The molecule has 0 aliphatic carbocycles. The number of amides is 1. The number of sulfone groups is 1. The molecular weight excluding hydrogens is 492 g/mol. The average molecular weight is 515 g/mol. The van der Waals surface area contributed by atoms with Crippen molar-refractivity contribution in [3.05, 3.63) is 83.4 Å². The molecular formula is C25H23ClN2O4S2. The molecule has 0 aliphatic rings. The third kappa shape index (κ3) is 5.75. The predicted molar refractivity (Wildman–Crippen MR) is 137 cm³/mol. The Balaban J connectivity index is 1.53. The van der Waals surface area contributed by atoms with Crippen molar-refractivity contribution >= 4 is 54.0 Å². The van der Waals surface area contributed by atoms with Gasteiger partial charge in [-0.15, -0.1) is 0 Å². The second kappa shape index (κ2) is 10.5. The number of nitrogens with zero attached hydrogens (tertiary/aromatic N) is 2. The molecule has 3 aromatic carbocycles. The number of benzene rings is 3. The number of hydrogen-bond acceptors (Lipinski definition) is 6. The summed E-state index contributed by atoms with van der Waals surface area (Å²) < 4.78 is 31.5. The van der Waals surface area contributed by atoms with Gasteiger partial charge in [-0.3, -0.25) is 9.69 Å². The zero-order chi connectivity index (χ0) is 24.1. The molecule has 0 saturated heterocycles. The van der Waals surface area contributed by atoms with Crippen molar-refractivity contribution in [3.63, 3.8) is 0 Å². The molecule has 0 N–H and O–H groups in total. The first kappa shape index (κ1) is 24.2. The summed E-state index contributed by atoms with van der Waals surface area (Å²) in [6, 6.07) is 21.3. The van der Waals surface area contributed by atoms with E-state index in [1.807, 2.05) is 48.5 Å². The lowest BCUT2D eigenvalue weighted by molar-refractivity contribution is -0.118. The Bertz CT molecular complexity index is 1390. The van der Waals surface area contributed by atoms with Crippen LogP contribution in [0.15, 0.2) is 77.7 Å². The van der Waals surface area contributed by atoms with Crippen LogP contribution in [0.4, 0.5) is 5.13 Å². The van der Waals surface area contributed by atoms with Gasteiger partial charge in [-0.1, -0.05) is 53.3 Å². The largest absolute Gasteiger partial charge is 0.497 e. The van der Waals surface area contributed by atoms with Crippen LogP contribution in [0, 0.1) is 0 Å². The second-order valence-corrected chi connectivity index (χ2v) is 11.2. The van der Waals surface area contributed by atoms with Gasteiger partial charge in [-0.2, -0.15) is 0 Å². The Hall–Kier alpha value is -2.94. The highest BCUT2D eigenvalue weighted by atomic mass is 35.5. The van der Waals surface area contributed by atoms with Crippen molar-refractivity contribution < 1.29 is 17.9 Å². The van der Waals surface area contributed by atoms with Crippen LogP contribution in [0.1, 0.15) is 18.4 Å². The van der Waals surface area contributed by atoms with Crippen LogP contribution in [0.5, 0.6) is 5.75 Å². The molecule has 0 atom stereocenters. The molecule has 1 aromatic heterocycles. The lowest BCUT2D eigenvalue weighted by atomic mass is 10.2. The van der Waals surface area contributed by atoms with E-state index < -0.39 is 9.84 Å². The van der Waals surface area contributed by atoms with Gasteiger partial charge in [0.25, 0.3) is 0 Å². The van der Waals surface area contributed by atoms with Gasteiger partial charge in [0.15, 0.2) is 15.0 Å². The SMILES string of the molecule is COc1ccc2sc(N(Cc3ccccc3)C(=O)CCCS(=O)(=O)c3ccc(Cl)cc3)nc2c1. The number of methoxy groups -OCH3 is 1. The number of thiazole rings is 1. The number of anilines is 1. The Labute approximate surface area is 207 Å². The summed E-state index contributed by atoms with van der Waals surface area (Å²) in [6.45, 7) is 0.348. The fraction of sp³-hybridized carbons (Fsp3) is 0.200. The molecule has 0 aliphatic heterocycles. The molecule has 4 aromatic rings. The standard InChI is InChI=1S/C25H23ClN2O4S2/c1-32-20-11-14-23-22(16-20)27-25(33-23)28(17-18-6-3-2-4-7-18)24(29)8-5-15-34(30,31)21-12-9-19(26)10-13-21/h2-4,6-7,9-14,16H,5,8,15,17H2,1H3. The van der Waals surface area contributed by atoms with E-state index in [1.165, 1.54) is 23.5 Å². The maximum Gasteiger partial charge on any atom is 0.229 e. The summed E-state index contributed by atoms with van der Waals surface area (Å²) in [4.78, 5) is 19.8. The van der Waals surface area contributed by atoms with Crippen molar-refractivity contribution in [3.8, 4) is 5.75 Å². The molecule has 1 heterocycles. The minimum atomic E-state index is -3.51. The molecule has 0 unspecified atom stereocenters. The van der Waals surface area contributed by atoms with E-state index in [2.05, 4.69) is 4.98 Å². The van der Waals surface area contributed by atoms with Crippen molar-refractivity contribution in [1.82, 2.24) is 4.98 Å². The third-order valence-corrected chi connectivity index (χ3v) is 8.40. The smallest absolute Gasteiger partial charge is 0.229 e. The van der Waals surface area contributed by atoms with Crippen molar-refractivity contribution in [2.24, 2.45) is 0 Å². The highest BCUT2D eigenvalue weighted by Crippen LogP contribution is 2.32. The van der Waals surface area contributed by atoms with Crippen LogP contribution in [0.25, 0.3) is 10.2 Å². The number of carbonyl (C=O) groups excluding carboxylic acids is 1. The van der Waals surface area contributed by atoms with E-state index in [1.54, 1.807) is 24.1 Å². The molecule has 0 bridgehead atoms. The Kier molecular flexibility index (Phi) is 7.50. The summed E-state index contributed by atoms with van der Waals surface area (Å²) >= 11 is 7.27. The van der Waals surface area contributed by atoms with Crippen LogP contribution >= 0.6 is 22.9 Å². The first-order chi connectivity index (χ1) is 16.4. The van der Waals surface area contributed by atoms with Gasteiger partial charge in [0.1, 0.15) is 5.75 Å².